The lowest BCUT2D eigenvalue weighted by molar-refractivity contribution is -0.125. The Labute approximate surface area is 239 Å². The molecule has 2 heterocycles. The summed E-state index contributed by atoms with van der Waals surface area (Å²) in [6.07, 6.45) is 11.2. The Kier molecular flexibility index (Phi) is 9.02. The van der Waals surface area contributed by atoms with Crippen LogP contribution in [0.5, 0.6) is 0 Å². The summed E-state index contributed by atoms with van der Waals surface area (Å²) in [5.41, 5.74) is 1.47. The van der Waals surface area contributed by atoms with Crippen LogP contribution in [0.2, 0.25) is 0 Å². The van der Waals surface area contributed by atoms with E-state index >= 15 is 0 Å². The summed E-state index contributed by atoms with van der Waals surface area (Å²) in [6, 6.07) is 8.11. The number of hydrogen-bond acceptors (Lipinski definition) is 7. The molecule has 39 heavy (non-hydrogen) atoms. The molecule has 0 radical (unpaired) electrons. The first kappa shape index (κ1) is 27.8. The summed E-state index contributed by atoms with van der Waals surface area (Å²) in [6.45, 7) is 2.04. The highest BCUT2D eigenvalue weighted by Crippen LogP contribution is 2.32. The largest absolute Gasteiger partial charge is 0.365 e. The summed E-state index contributed by atoms with van der Waals surface area (Å²) in [5, 5.41) is 10.0. The van der Waals surface area contributed by atoms with E-state index in [1.54, 1.807) is 6.20 Å². The molecule has 9 nitrogen and oxygen atoms in total. The minimum Gasteiger partial charge on any atom is -0.365 e. The van der Waals surface area contributed by atoms with Crippen LogP contribution < -0.4 is 16.0 Å². The van der Waals surface area contributed by atoms with Crippen molar-refractivity contribution in [3.63, 3.8) is 0 Å². The van der Waals surface area contributed by atoms with Crippen molar-refractivity contribution in [2.24, 2.45) is 5.92 Å². The van der Waals surface area contributed by atoms with E-state index in [0.29, 0.717) is 23.4 Å². The highest BCUT2D eigenvalue weighted by atomic mass is 79.9. The molecule has 0 spiro atoms. The summed E-state index contributed by atoms with van der Waals surface area (Å²) in [7, 11) is 4.03. The lowest BCUT2D eigenvalue weighted by Crippen LogP contribution is -2.44. The van der Waals surface area contributed by atoms with Crippen LogP contribution in [0.15, 0.2) is 34.9 Å². The Morgan fingerprint density at radius 1 is 1.00 bits per heavy atom. The molecule has 5 rings (SSSR count). The topological polar surface area (TPSA) is 102 Å². The number of rotatable bonds is 8. The van der Waals surface area contributed by atoms with Crippen LogP contribution >= 0.6 is 15.9 Å². The van der Waals surface area contributed by atoms with Crippen LogP contribution in [0, 0.1) is 5.92 Å². The van der Waals surface area contributed by atoms with Crippen molar-refractivity contribution in [3.8, 4) is 0 Å². The smallest absolute Gasteiger partial charge is 0.253 e. The first-order valence-corrected chi connectivity index (χ1v) is 15.1. The molecule has 2 aliphatic carbocycles. The molecular weight excluding hydrogens is 558 g/mol. The number of hydrogen-bond donors (Lipinski definition) is 3. The van der Waals surface area contributed by atoms with Crippen LogP contribution in [0.1, 0.15) is 68.1 Å². The van der Waals surface area contributed by atoms with Crippen LogP contribution in [0.4, 0.5) is 17.5 Å². The molecule has 2 amide bonds. The van der Waals surface area contributed by atoms with Gasteiger partial charge >= 0.3 is 0 Å². The molecule has 3 aliphatic rings. The SMILES string of the molecule is CN1CCC(N(C)C(=O)c2ccc(Nc3ncc(Br)c(N[C@@H]4CCC[C@@H]4C(=O)NC4CCCC4)n3)cc2)CC1. The minimum atomic E-state index is -0.0541. The van der Waals surface area contributed by atoms with Gasteiger partial charge in [0.1, 0.15) is 5.82 Å². The van der Waals surface area contributed by atoms with Gasteiger partial charge in [-0.2, -0.15) is 4.98 Å². The van der Waals surface area contributed by atoms with Crippen molar-refractivity contribution >= 4 is 45.2 Å². The molecule has 1 saturated heterocycles. The van der Waals surface area contributed by atoms with Gasteiger partial charge in [0.15, 0.2) is 0 Å². The zero-order chi connectivity index (χ0) is 27.4. The van der Waals surface area contributed by atoms with Crippen molar-refractivity contribution in [1.29, 1.82) is 0 Å². The van der Waals surface area contributed by atoms with E-state index < -0.39 is 0 Å². The minimum absolute atomic E-state index is 0.0392. The monoisotopic (exact) mass is 597 g/mol. The Bertz CT molecular complexity index is 1150. The number of aromatic nitrogens is 2. The fourth-order valence-electron chi connectivity index (χ4n) is 6.11. The van der Waals surface area contributed by atoms with Gasteiger partial charge in [-0.25, -0.2) is 4.98 Å². The van der Waals surface area contributed by atoms with Crippen molar-refractivity contribution in [1.82, 2.24) is 25.1 Å². The number of carbonyl (C=O) groups is 2. The van der Waals surface area contributed by atoms with Gasteiger partial charge in [0.25, 0.3) is 5.91 Å². The highest BCUT2D eigenvalue weighted by Gasteiger charge is 2.35. The molecule has 10 heteroatoms. The molecule has 1 aromatic heterocycles. The van der Waals surface area contributed by atoms with Gasteiger partial charge in [0.05, 0.1) is 10.4 Å². The number of benzene rings is 1. The van der Waals surface area contributed by atoms with E-state index in [2.05, 4.69) is 48.8 Å². The van der Waals surface area contributed by atoms with Gasteiger partial charge in [0.2, 0.25) is 11.9 Å². The van der Waals surface area contributed by atoms with E-state index in [4.69, 9.17) is 4.98 Å². The number of halogens is 1. The first-order chi connectivity index (χ1) is 18.9. The second-order valence-electron chi connectivity index (χ2n) is 11.3. The predicted molar refractivity (Wildman–Crippen MR) is 157 cm³/mol. The van der Waals surface area contributed by atoms with E-state index in [0.717, 1.165) is 68.2 Å². The van der Waals surface area contributed by atoms with Crippen LogP contribution in [0.3, 0.4) is 0 Å². The van der Waals surface area contributed by atoms with Crippen LogP contribution in [0.25, 0.3) is 0 Å². The highest BCUT2D eigenvalue weighted by molar-refractivity contribution is 9.10. The average molecular weight is 599 g/mol. The molecule has 0 bridgehead atoms. The molecule has 1 aromatic carbocycles. The van der Waals surface area contributed by atoms with Crippen molar-refractivity contribution in [3.05, 3.63) is 40.5 Å². The average Bonchev–Trinajstić information content (AvgIpc) is 3.63. The first-order valence-electron chi connectivity index (χ1n) is 14.3. The molecule has 210 valence electrons. The second-order valence-corrected chi connectivity index (χ2v) is 12.2. The van der Waals surface area contributed by atoms with Crippen LogP contribution in [-0.2, 0) is 4.79 Å². The van der Waals surface area contributed by atoms with Gasteiger partial charge in [-0.3, -0.25) is 9.59 Å². The Morgan fingerprint density at radius 3 is 2.44 bits per heavy atom. The zero-order valence-corrected chi connectivity index (χ0v) is 24.5. The third kappa shape index (κ3) is 6.90. The molecule has 2 aromatic rings. The Balaban J connectivity index is 1.19. The van der Waals surface area contributed by atoms with Crippen molar-refractivity contribution in [2.45, 2.75) is 75.9 Å². The van der Waals surface area contributed by atoms with E-state index in [1.165, 1.54) is 12.8 Å². The second kappa shape index (κ2) is 12.6. The van der Waals surface area contributed by atoms with Gasteiger partial charge in [-0.1, -0.05) is 19.3 Å². The quantitative estimate of drug-likeness (QED) is 0.402. The molecule has 1 aliphatic heterocycles. The van der Waals surface area contributed by atoms with E-state index in [9.17, 15) is 9.59 Å². The van der Waals surface area contributed by atoms with E-state index in [-0.39, 0.29) is 29.8 Å². The third-order valence-electron chi connectivity index (χ3n) is 8.56. The maximum Gasteiger partial charge on any atom is 0.253 e. The zero-order valence-electron chi connectivity index (χ0n) is 23.0. The van der Waals surface area contributed by atoms with Crippen molar-refractivity contribution < 1.29 is 9.59 Å². The van der Waals surface area contributed by atoms with Gasteiger partial charge in [-0.05, 0) is 98.9 Å². The van der Waals surface area contributed by atoms with Crippen molar-refractivity contribution in [2.75, 3.05) is 37.8 Å². The van der Waals surface area contributed by atoms with Gasteiger partial charge < -0.3 is 25.8 Å². The fourth-order valence-corrected chi connectivity index (χ4v) is 6.41. The number of anilines is 3. The molecule has 0 unspecified atom stereocenters. The van der Waals surface area contributed by atoms with Crippen LogP contribution in [-0.4, -0.2) is 76.9 Å². The number of nitrogens with one attached hydrogen (secondary N) is 3. The third-order valence-corrected chi connectivity index (χ3v) is 9.14. The number of carbonyl (C=O) groups excluding carboxylic acids is 2. The molecular formula is C29H40BrN7O2. The number of nitrogens with zero attached hydrogens (tertiary/aromatic N) is 4. The summed E-state index contributed by atoms with van der Waals surface area (Å²) in [4.78, 5) is 39.3. The summed E-state index contributed by atoms with van der Waals surface area (Å²) >= 11 is 3.57. The summed E-state index contributed by atoms with van der Waals surface area (Å²) in [5.74, 6) is 1.28. The number of amides is 2. The predicted octanol–water partition coefficient (Wildman–Crippen LogP) is 4.79. The lowest BCUT2D eigenvalue weighted by Gasteiger charge is -2.35. The maximum absolute atomic E-state index is 13.0. The Hall–Kier alpha value is -2.72. The molecule has 3 N–H and O–H groups in total. The standard InChI is InChI=1S/C29H40BrN7O2/c1-36-16-14-22(15-17-36)37(2)28(39)19-10-12-21(13-11-19)33-29-31-18-24(30)26(35-29)34-25-9-5-8-23(25)27(38)32-20-6-3-4-7-20/h10-13,18,20,22-23,25H,3-9,14-17H2,1-2H3,(H,32,38)(H2,31,33,34,35)/t23-,25+/m0/s1. The molecule has 3 fully saturated rings. The van der Waals surface area contributed by atoms with E-state index in [1.807, 2.05) is 36.2 Å². The summed E-state index contributed by atoms with van der Waals surface area (Å²) < 4.78 is 0.757. The fraction of sp³-hybridized carbons (Fsp3) is 0.586. The Morgan fingerprint density at radius 2 is 1.72 bits per heavy atom. The number of piperidine rings is 1. The number of likely N-dealkylation sites (tertiary alicyclic amines) is 1. The normalized spacial score (nSPS) is 22.5. The molecule has 2 saturated carbocycles. The molecule has 2 atom stereocenters. The maximum atomic E-state index is 13.0. The van der Waals surface area contributed by atoms with Gasteiger partial charge in [-0.15, -0.1) is 0 Å². The lowest BCUT2D eigenvalue weighted by atomic mass is 10.0. The van der Waals surface area contributed by atoms with Gasteiger partial charge in [0, 0.05) is 42.6 Å².